The van der Waals surface area contributed by atoms with Crippen LogP contribution in [-0.4, -0.2) is 93.3 Å². The van der Waals surface area contributed by atoms with E-state index in [2.05, 4.69) is 24.5 Å². The van der Waals surface area contributed by atoms with Crippen LogP contribution in [0.2, 0.25) is 0 Å². The number of aliphatic hydroxyl groups is 3. The third kappa shape index (κ3) is 25.7. The quantitative estimate of drug-likeness (QED) is 0.0270. The molecule has 7 atom stereocenters. The average molecular weight is 973 g/mol. The maximum absolute atomic E-state index is 14.4. The smallest absolute Gasteiger partial charge is 0.408 e. The summed E-state index contributed by atoms with van der Waals surface area (Å²) >= 11 is 0. The van der Waals surface area contributed by atoms with Gasteiger partial charge in [0.25, 0.3) is 0 Å². The lowest BCUT2D eigenvalue weighted by Crippen LogP contribution is -2.76. The minimum Gasteiger partial charge on any atom is -0.445 e. The fraction of sp³-hybridized carbons (Fsp3) is 0.821. The van der Waals surface area contributed by atoms with Gasteiger partial charge < -0.3 is 40.3 Å². The van der Waals surface area contributed by atoms with Crippen LogP contribution in [0, 0.1) is 5.92 Å². The monoisotopic (exact) mass is 973 g/mol. The molecule has 0 bridgehead atoms. The van der Waals surface area contributed by atoms with E-state index in [0.717, 1.165) is 50.5 Å². The largest absolute Gasteiger partial charge is 0.445 e. The van der Waals surface area contributed by atoms with Crippen molar-refractivity contribution in [3.8, 4) is 0 Å². The van der Waals surface area contributed by atoms with Gasteiger partial charge in [-0.1, -0.05) is 230 Å². The van der Waals surface area contributed by atoms with Crippen LogP contribution in [0.3, 0.4) is 0 Å². The molecule has 1 fully saturated rings. The number of hydrogen-bond donors (Lipinski definition) is 6. The molecule has 398 valence electrons. The fourth-order valence-electron chi connectivity index (χ4n) is 9.58. The summed E-state index contributed by atoms with van der Waals surface area (Å²) in [6, 6.07) is 6.69. The van der Waals surface area contributed by atoms with Crippen LogP contribution in [0.4, 0.5) is 4.79 Å². The van der Waals surface area contributed by atoms with E-state index in [1.807, 2.05) is 18.2 Å². The molecule has 1 heterocycles. The van der Waals surface area contributed by atoms with Crippen molar-refractivity contribution in [3.63, 3.8) is 0 Å². The third-order valence-corrected chi connectivity index (χ3v) is 14.0. The second kappa shape index (κ2) is 38.6. The number of carbonyl (C=O) groups excluding carboxylic acids is 4. The van der Waals surface area contributed by atoms with Gasteiger partial charge in [-0.25, -0.2) is 4.79 Å². The molecule has 0 radical (unpaired) electrons. The van der Waals surface area contributed by atoms with E-state index >= 15 is 0 Å². The summed E-state index contributed by atoms with van der Waals surface area (Å²) in [6.45, 7) is 6.78. The number of nitrogens with one attached hydrogen (secondary N) is 2. The van der Waals surface area contributed by atoms with E-state index in [9.17, 15) is 34.5 Å². The molecule has 1 aliphatic heterocycles. The molecule has 7 N–H and O–H groups in total. The molecule has 1 aromatic carbocycles. The number of rotatable bonds is 42. The van der Waals surface area contributed by atoms with Gasteiger partial charge in [0.05, 0.1) is 18.8 Å². The molecule has 13 heteroatoms. The van der Waals surface area contributed by atoms with Crippen molar-refractivity contribution in [2.45, 2.75) is 276 Å². The lowest BCUT2D eigenvalue weighted by molar-refractivity contribution is -0.291. The Labute approximate surface area is 418 Å². The lowest BCUT2D eigenvalue weighted by atomic mass is 9.80. The number of unbranched alkanes of at least 4 members (excludes halogenated alkanes) is 29. The van der Waals surface area contributed by atoms with E-state index < -0.39 is 66.6 Å². The summed E-state index contributed by atoms with van der Waals surface area (Å²) in [5.74, 6) is -5.74. The Balaban J connectivity index is 2.04. The van der Waals surface area contributed by atoms with E-state index in [1.165, 1.54) is 160 Å². The van der Waals surface area contributed by atoms with Crippen LogP contribution >= 0.6 is 0 Å². The zero-order valence-electron chi connectivity index (χ0n) is 43.9. The van der Waals surface area contributed by atoms with Gasteiger partial charge in [-0.05, 0) is 32.3 Å². The third-order valence-electron chi connectivity index (χ3n) is 14.0. The number of aliphatic hydroxyl groups excluding tert-OH is 3. The van der Waals surface area contributed by atoms with Gasteiger partial charge in [0.15, 0.2) is 5.78 Å². The van der Waals surface area contributed by atoms with Crippen molar-refractivity contribution in [3.05, 3.63) is 35.9 Å². The summed E-state index contributed by atoms with van der Waals surface area (Å²) in [5, 5.41) is 38.0. The minimum atomic E-state index is -2.24. The maximum atomic E-state index is 14.4. The second-order valence-electron chi connectivity index (χ2n) is 20.2. The van der Waals surface area contributed by atoms with E-state index in [0.29, 0.717) is 12.8 Å². The Kier molecular flexibility index (Phi) is 34.7. The van der Waals surface area contributed by atoms with Gasteiger partial charge in [-0.2, -0.15) is 0 Å². The Morgan fingerprint density at radius 3 is 1.48 bits per heavy atom. The van der Waals surface area contributed by atoms with Crippen molar-refractivity contribution in [1.82, 2.24) is 15.5 Å². The van der Waals surface area contributed by atoms with Gasteiger partial charge >= 0.3 is 6.09 Å². The number of ketones is 1. The first kappa shape index (κ1) is 62.0. The zero-order chi connectivity index (χ0) is 50.5. The normalized spacial score (nSPS) is 20.0. The molecule has 13 nitrogen and oxygen atoms in total. The van der Waals surface area contributed by atoms with Crippen molar-refractivity contribution in [2.75, 3.05) is 13.2 Å². The average Bonchev–Trinajstić information content (AvgIpc) is 3.34. The molecule has 1 saturated heterocycles. The maximum Gasteiger partial charge on any atom is 0.408 e. The summed E-state index contributed by atoms with van der Waals surface area (Å²) < 4.78 is 11.4. The zero-order valence-corrected chi connectivity index (χ0v) is 43.9. The second-order valence-corrected chi connectivity index (χ2v) is 20.2. The van der Waals surface area contributed by atoms with Crippen LogP contribution < -0.4 is 16.4 Å². The van der Waals surface area contributed by atoms with Crippen LogP contribution in [0.25, 0.3) is 0 Å². The van der Waals surface area contributed by atoms with Gasteiger partial charge in [0, 0.05) is 13.0 Å². The molecule has 1 aromatic rings. The van der Waals surface area contributed by atoms with Crippen LogP contribution in [-0.2, 0) is 30.5 Å². The highest BCUT2D eigenvalue weighted by Crippen LogP contribution is 2.37. The first-order valence-corrected chi connectivity index (χ1v) is 28.0. The fourth-order valence-corrected chi connectivity index (χ4v) is 9.58. The summed E-state index contributed by atoms with van der Waals surface area (Å²) in [6.07, 6.45) is 31.3. The predicted octanol–water partition coefficient (Wildman–Crippen LogP) is 11.1. The summed E-state index contributed by atoms with van der Waals surface area (Å²) in [7, 11) is 0. The molecule has 69 heavy (non-hydrogen) atoms. The molecule has 2 rings (SSSR count). The Morgan fingerprint density at radius 2 is 1.04 bits per heavy atom. The Bertz CT molecular complexity index is 1490. The number of carbonyl (C=O) groups is 4. The Hall–Kier alpha value is -3.10. The number of nitrogens with zero attached hydrogens (tertiary/aromatic N) is 1. The number of hydrogen-bond acceptors (Lipinski definition) is 10. The number of nitrogens with two attached hydrogens (primary N) is 1. The topological polar surface area (TPSA) is 201 Å². The molecular formula is C56H100N4O9. The highest BCUT2D eigenvalue weighted by atomic mass is 16.6. The van der Waals surface area contributed by atoms with Crippen molar-refractivity contribution in [1.29, 1.82) is 0 Å². The predicted molar refractivity (Wildman–Crippen MR) is 277 cm³/mol. The highest BCUT2D eigenvalue weighted by molar-refractivity contribution is 5.94. The number of Topliss-reactive ketones (excluding diaryl/α,β-unsaturated/α-hetero) is 1. The Morgan fingerprint density at radius 1 is 0.623 bits per heavy atom. The van der Waals surface area contributed by atoms with Crippen molar-refractivity contribution < 1.29 is 44.0 Å². The van der Waals surface area contributed by atoms with Crippen molar-refractivity contribution in [2.24, 2.45) is 11.7 Å². The van der Waals surface area contributed by atoms with Crippen LogP contribution in [0.15, 0.2) is 30.3 Å². The lowest BCUT2D eigenvalue weighted by Gasteiger charge is -2.53. The molecule has 0 spiro atoms. The van der Waals surface area contributed by atoms with E-state index in [4.69, 9.17) is 15.2 Å². The van der Waals surface area contributed by atoms with Gasteiger partial charge in [0.1, 0.15) is 30.8 Å². The van der Waals surface area contributed by atoms with E-state index in [-0.39, 0.29) is 25.5 Å². The molecular weight excluding hydrogens is 873 g/mol. The van der Waals surface area contributed by atoms with Gasteiger partial charge in [-0.15, -0.1) is 0 Å². The standard InChI is InChI=1S/C56H100N4O9/c1-5-7-9-11-13-15-17-19-21-23-25-27-29-31-33-38-42-60(49(62)41-37-32-30-28-26-24-22-20-18-16-14-12-10-8-6-2)56(57)50(53(65)52(64)48(43-61)69-56)51(63)45(3)58-54(66)46(4)59-55(67)68-44-47-39-35-34-36-40-47/h34-36,39-40,45-46,48,50,52-53,61,64-65H,5-33,37-38,41-44,57H2,1-4H3,(H,58,66)(H,59,67)/t45-,46-,48+,50+,52+,53+,56-/m0/s1. The van der Waals surface area contributed by atoms with Crippen molar-refractivity contribution >= 4 is 23.7 Å². The molecule has 0 aliphatic carbocycles. The summed E-state index contributed by atoms with van der Waals surface area (Å²) in [5.41, 5.74) is 7.83. The molecule has 3 amide bonds. The summed E-state index contributed by atoms with van der Waals surface area (Å²) in [4.78, 5) is 55.9. The molecule has 1 aliphatic rings. The number of alkyl carbamates (subject to hydrolysis) is 1. The molecule has 0 unspecified atom stereocenters. The first-order valence-electron chi connectivity index (χ1n) is 28.0. The highest BCUT2D eigenvalue weighted by Gasteiger charge is 2.59. The number of ether oxygens (including phenoxy) is 2. The van der Waals surface area contributed by atoms with Gasteiger partial charge in [0.2, 0.25) is 17.7 Å². The number of amides is 3. The van der Waals surface area contributed by atoms with Gasteiger partial charge in [-0.3, -0.25) is 20.1 Å². The first-order chi connectivity index (χ1) is 33.4. The molecule has 0 aromatic heterocycles. The minimum absolute atomic E-state index is 0.000682. The number of benzene rings is 1. The SMILES string of the molecule is CCCCCCCCCCCCCCCCCCN(C(=O)CCCCCCCCCCCCCCCCC)[C@]1(N)O[C@H](CO)[C@@H](O)[C@H](O)[C@H]1C(=O)[C@H](C)NC(=O)[C@H](C)NC(=O)OCc1ccccc1. The van der Waals surface area contributed by atoms with Crippen LogP contribution in [0.5, 0.6) is 0 Å². The van der Waals surface area contributed by atoms with E-state index in [1.54, 1.807) is 12.1 Å². The van der Waals surface area contributed by atoms with Crippen LogP contribution in [0.1, 0.15) is 239 Å². The molecule has 0 saturated carbocycles.